The fourth-order valence-corrected chi connectivity index (χ4v) is 2.70. The van der Waals surface area contributed by atoms with Crippen molar-refractivity contribution < 1.29 is 14.3 Å². The summed E-state index contributed by atoms with van der Waals surface area (Å²) < 4.78 is 10.6. The smallest absolute Gasteiger partial charge is 0.159 e. The zero-order chi connectivity index (χ0) is 20.1. The number of methoxy groups -OCH3 is 2. The number of hydrogen-bond donors (Lipinski definition) is 2. The second-order valence-electron chi connectivity index (χ2n) is 6.14. The molecule has 0 unspecified atom stereocenters. The van der Waals surface area contributed by atoms with Crippen molar-refractivity contribution in [3.05, 3.63) is 59.9 Å². The second-order valence-corrected chi connectivity index (χ2v) is 6.14. The van der Waals surface area contributed by atoms with E-state index in [4.69, 9.17) is 9.47 Å². The first-order chi connectivity index (χ1) is 13.5. The highest BCUT2D eigenvalue weighted by molar-refractivity contribution is 5.95. The van der Waals surface area contributed by atoms with Crippen LogP contribution in [0.15, 0.2) is 48.5 Å². The van der Waals surface area contributed by atoms with E-state index in [2.05, 4.69) is 20.6 Å². The largest absolute Gasteiger partial charge is 0.497 e. The van der Waals surface area contributed by atoms with Crippen molar-refractivity contribution in [3.8, 4) is 11.5 Å². The molecule has 1 heterocycles. The number of anilines is 4. The maximum Gasteiger partial charge on any atom is 0.159 e. The zero-order valence-corrected chi connectivity index (χ0v) is 16.2. The van der Waals surface area contributed by atoms with Crippen molar-refractivity contribution >= 4 is 28.8 Å². The van der Waals surface area contributed by atoms with Crippen molar-refractivity contribution in [3.63, 3.8) is 0 Å². The van der Waals surface area contributed by atoms with E-state index in [1.165, 1.54) is 6.92 Å². The van der Waals surface area contributed by atoms with Crippen LogP contribution in [0.1, 0.15) is 23.1 Å². The number of ketones is 1. The summed E-state index contributed by atoms with van der Waals surface area (Å²) in [6.45, 7) is 3.35. The van der Waals surface area contributed by atoms with E-state index >= 15 is 0 Å². The van der Waals surface area contributed by atoms with Gasteiger partial charge in [-0.15, -0.1) is 0 Å². The molecule has 1 aromatic heterocycles. The molecule has 7 heteroatoms. The molecule has 0 saturated carbocycles. The number of rotatable bonds is 7. The van der Waals surface area contributed by atoms with Crippen molar-refractivity contribution in [2.45, 2.75) is 13.8 Å². The average molecular weight is 378 g/mol. The minimum Gasteiger partial charge on any atom is -0.497 e. The zero-order valence-electron chi connectivity index (χ0n) is 16.2. The van der Waals surface area contributed by atoms with Crippen LogP contribution in [0.5, 0.6) is 11.5 Å². The van der Waals surface area contributed by atoms with Gasteiger partial charge in [0.25, 0.3) is 0 Å². The Morgan fingerprint density at radius 3 is 2.36 bits per heavy atom. The summed E-state index contributed by atoms with van der Waals surface area (Å²) in [5.41, 5.74) is 2.17. The van der Waals surface area contributed by atoms with Crippen molar-refractivity contribution in [2.24, 2.45) is 0 Å². The molecule has 0 aliphatic carbocycles. The van der Waals surface area contributed by atoms with Gasteiger partial charge in [0.2, 0.25) is 0 Å². The van der Waals surface area contributed by atoms with Gasteiger partial charge in [-0.05, 0) is 38.1 Å². The Kier molecular flexibility index (Phi) is 5.74. The first-order valence-corrected chi connectivity index (χ1v) is 8.71. The molecule has 0 fully saturated rings. The van der Waals surface area contributed by atoms with Gasteiger partial charge in [-0.25, -0.2) is 9.97 Å². The molecule has 0 amide bonds. The van der Waals surface area contributed by atoms with Gasteiger partial charge in [0, 0.05) is 23.4 Å². The predicted molar refractivity (Wildman–Crippen MR) is 109 cm³/mol. The van der Waals surface area contributed by atoms with Crippen LogP contribution in [0.3, 0.4) is 0 Å². The molecule has 0 aliphatic rings. The molecule has 0 saturated heterocycles. The number of benzene rings is 2. The van der Waals surface area contributed by atoms with Crippen LogP contribution >= 0.6 is 0 Å². The predicted octanol–water partition coefficient (Wildman–Crippen LogP) is 4.49. The van der Waals surface area contributed by atoms with Gasteiger partial charge in [-0.3, -0.25) is 4.79 Å². The Balaban J connectivity index is 1.86. The van der Waals surface area contributed by atoms with Crippen molar-refractivity contribution in [1.29, 1.82) is 0 Å². The van der Waals surface area contributed by atoms with Crippen molar-refractivity contribution in [2.75, 3.05) is 24.9 Å². The van der Waals surface area contributed by atoms with E-state index < -0.39 is 0 Å². The third kappa shape index (κ3) is 4.56. The lowest BCUT2D eigenvalue weighted by molar-refractivity contribution is 0.101. The van der Waals surface area contributed by atoms with Crippen LogP contribution in [0.25, 0.3) is 0 Å². The lowest BCUT2D eigenvalue weighted by Crippen LogP contribution is -2.03. The summed E-state index contributed by atoms with van der Waals surface area (Å²) in [5.74, 6) is 3.18. The van der Waals surface area contributed by atoms with Gasteiger partial charge < -0.3 is 20.1 Å². The van der Waals surface area contributed by atoms with Gasteiger partial charge in [0.15, 0.2) is 5.78 Å². The fourth-order valence-electron chi connectivity index (χ4n) is 2.70. The molecule has 0 spiro atoms. The van der Waals surface area contributed by atoms with Gasteiger partial charge in [-0.2, -0.15) is 0 Å². The maximum absolute atomic E-state index is 11.6. The number of carbonyl (C=O) groups is 1. The standard InChI is InChI=1S/C21H22N4O3/c1-13(26)15-6-5-7-16(10-15)24-20-12-21(23-14(2)22-20)25-18-9-8-17(27-3)11-19(18)28-4/h5-12H,1-4H3,(H2,22,23,24,25). The SMILES string of the molecule is COc1ccc(Nc2cc(Nc3cccc(C(C)=O)c3)nc(C)n2)c(OC)c1. The number of Topliss-reactive ketones (excluding diaryl/α,β-unsaturated/α-hetero) is 1. The van der Waals surface area contributed by atoms with E-state index in [0.29, 0.717) is 34.5 Å². The summed E-state index contributed by atoms with van der Waals surface area (Å²) >= 11 is 0. The number of nitrogens with zero attached hydrogens (tertiary/aromatic N) is 2. The number of hydrogen-bond acceptors (Lipinski definition) is 7. The topological polar surface area (TPSA) is 85.4 Å². The molecule has 0 atom stereocenters. The fraction of sp³-hybridized carbons (Fsp3) is 0.190. The van der Waals surface area contributed by atoms with Gasteiger partial charge in [0.1, 0.15) is 29.0 Å². The number of ether oxygens (including phenoxy) is 2. The van der Waals surface area contributed by atoms with Crippen LogP contribution in [0.4, 0.5) is 23.0 Å². The third-order valence-electron chi connectivity index (χ3n) is 4.05. The molecule has 28 heavy (non-hydrogen) atoms. The Hall–Kier alpha value is -3.61. The summed E-state index contributed by atoms with van der Waals surface area (Å²) in [6.07, 6.45) is 0. The van der Waals surface area contributed by atoms with Crippen LogP contribution in [-0.2, 0) is 0 Å². The van der Waals surface area contributed by atoms with E-state index in [1.807, 2.05) is 31.2 Å². The summed E-state index contributed by atoms with van der Waals surface area (Å²) in [6, 6.07) is 14.6. The molecule has 0 bridgehead atoms. The normalized spacial score (nSPS) is 10.3. The van der Waals surface area contributed by atoms with Crippen LogP contribution < -0.4 is 20.1 Å². The number of carbonyl (C=O) groups excluding carboxylic acids is 1. The summed E-state index contributed by atoms with van der Waals surface area (Å²) in [4.78, 5) is 20.4. The molecule has 144 valence electrons. The third-order valence-corrected chi connectivity index (χ3v) is 4.05. The Bertz CT molecular complexity index is 1000. The molecule has 3 rings (SSSR count). The molecule has 2 N–H and O–H groups in total. The molecule has 0 radical (unpaired) electrons. The molecule has 0 aliphatic heterocycles. The van der Waals surface area contributed by atoms with Crippen LogP contribution in [0.2, 0.25) is 0 Å². The Labute approximate surface area is 163 Å². The molecular weight excluding hydrogens is 356 g/mol. The highest BCUT2D eigenvalue weighted by Crippen LogP contribution is 2.31. The molecule has 3 aromatic rings. The lowest BCUT2D eigenvalue weighted by Gasteiger charge is -2.14. The Morgan fingerprint density at radius 2 is 1.68 bits per heavy atom. The summed E-state index contributed by atoms with van der Waals surface area (Å²) in [5, 5.41) is 6.46. The van der Waals surface area contributed by atoms with E-state index in [0.717, 1.165) is 11.4 Å². The van der Waals surface area contributed by atoms with E-state index in [-0.39, 0.29) is 5.78 Å². The molecule has 2 aromatic carbocycles. The number of aromatic nitrogens is 2. The highest BCUT2D eigenvalue weighted by Gasteiger charge is 2.09. The second kappa shape index (κ2) is 8.39. The van der Waals surface area contributed by atoms with Gasteiger partial charge >= 0.3 is 0 Å². The van der Waals surface area contributed by atoms with Crippen LogP contribution in [-0.4, -0.2) is 30.0 Å². The van der Waals surface area contributed by atoms with Gasteiger partial charge in [0.05, 0.1) is 19.9 Å². The van der Waals surface area contributed by atoms with Crippen molar-refractivity contribution in [1.82, 2.24) is 9.97 Å². The summed E-state index contributed by atoms with van der Waals surface area (Å²) in [7, 11) is 3.20. The van der Waals surface area contributed by atoms with Crippen LogP contribution in [0, 0.1) is 6.92 Å². The monoisotopic (exact) mass is 378 g/mol. The van der Waals surface area contributed by atoms with E-state index in [9.17, 15) is 4.79 Å². The van der Waals surface area contributed by atoms with E-state index in [1.54, 1.807) is 38.5 Å². The first-order valence-electron chi connectivity index (χ1n) is 8.71. The number of nitrogens with one attached hydrogen (secondary N) is 2. The van der Waals surface area contributed by atoms with Gasteiger partial charge in [-0.1, -0.05) is 12.1 Å². The quantitative estimate of drug-likeness (QED) is 0.586. The first kappa shape index (κ1) is 19.2. The lowest BCUT2D eigenvalue weighted by atomic mass is 10.1. The maximum atomic E-state index is 11.6. The number of aryl methyl sites for hydroxylation is 1. The minimum atomic E-state index is 0.0106. The minimum absolute atomic E-state index is 0.0106. The molecular formula is C21H22N4O3. The molecule has 7 nitrogen and oxygen atoms in total. The average Bonchev–Trinajstić information content (AvgIpc) is 2.68. The highest BCUT2D eigenvalue weighted by atomic mass is 16.5. The Morgan fingerprint density at radius 1 is 0.929 bits per heavy atom.